The molecule has 0 N–H and O–H groups in total. The van der Waals surface area contributed by atoms with Crippen LogP contribution in [0.3, 0.4) is 0 Å². The molecule has 10 aromatic rings. The molecule has 3 heterocycles. The van der Waals surface area contributed by atoms with E-state index in [9.17, 15) is 0 Å². The van der Waals surface area contributed by atoms with Crippen molar-refractivity contribution in [3.63, 3.8) is 0 Å². The number of nitrogens with zero attached hydrogens (tertiary/aromatic N) is 6. The van der Waals surface area contributed by atoms with Gasteiger partial charge in [0.2, 0.25) is 0 Å². The van der Waals surface area contributed by atoms with E-state index < -0.39 is 0 Å². The van der Waals surface area contributed by atoms with Crippen LogP contribution >= 0.6 is 0 Å². The number of anilines is 3. The molecule has 7 aromatic carbocycles. The second-order valence-electron chi connectivity index (χ2n) is 13.0. The summed E-state index contributed by atoms with van der Waals surface area (Å²) in [6, 6.07) is 65.6. The SMILES string of the molecule is c1ccc(N(c2ccc(-c3nnc(-c4cccc5cccnc45)n3-c3ccccc3)cc2)c2ccc(-n3c4ccccc4c4ccccc43)cc2)cc1. The standard InChI is InChI=1S/C47H32N6/c1-3-15-35(16-4-1)51(38-28-30-39(31-29-38)52-43-22-9-7-19-40(43)41-20-8-10-23-44(41)52)37-26-24-34(25-27-37)46-49-50-47(53(46)36-17-5-2-6-18-36)42-21-11-13-33-14-12-32-48-45(33)42/h1-32H. The highest BCUT2D eigenvalue weighted by molar-refractivity contribution is 6.09. The summed E-state index contributed by atoms with van der Waals surface area (Å²) in [6.45, 7) is 0. The summed E-state index contributed by atoms with van der Waals surface area (Å²) in [6.07, 6.45) is 1.82. The third-order valence-corrected chi connectivity index (χ3v) is 9.90. The molecule has 0 aliphatic carbocycles. The minimum atomic E-state index is 0.744. The number of para-hydroxylation sites is 5. The van der Waals surface area contributed by atoms with E-state index in [0.29, 0.717) is 0 Å². The third-order valence-electron chi connectivity index (χ3n) is 9.90. The fourth-order valence-corrected chi connectivity index (χ4v) is 7.49. The van der Waals surface area contributed by atoms with Gasteiger partial charge in [-0.1, -0.05) is 91.0 Å². The molecule has 0 radical (unpaired) electrons. The van der Waals surface area contributed by atoms with Crippen molar-refractivity contribution >= 4 is 49.8 Å². The van der Waals surface area contributed by atoms with E-state index >= 15 is 0 Å². The molecule has 0 aliphatic heterocycles. The van der Waals surface area contributed by atoms with Crippen LogP contribution in [0.15, 0.2) is 194 Å². The van der Waals surface area contributed by atoms with Gasteiger partial charge in [-0.2, -0.15) is 0 Å². The molecular weight excluding hydrogens is 649 g/mol. The third kappa shape index (κ3) is 5.24. The van der Waals surface area contributed by atoms with E-state index in [1.165, 1.54) is 21.8 Å². The first-order chi connectivity index (χ1) is 26.3. The summed E-state index contributed by atoms with van der Waals surface area (Å²) in [5.41, 5.74) is 10.4. The fourth-order valence-electron chi connectivity index (χ4n) is 7.49. The van der Waals surface area contributed by atoms with Gasteiger partial charge in [-0.25, -0.2) is 0 Å². The minimum absolute atomic E-state index is 0.744. The average molecular weight is 681 g/mol. The number of pyridine rings is 1. The zero-order chi connectivity index (χ0) is 35.1. The van der Waals surface area contributed by atoms with Gasteiger partial charge in [0.15, 0.2) is 11.6 Å². The topological polar surface area (TPSA) is 51.8 Å². The van der Waals surface area contributed by atoms with Crippen LogP contribution in [0.1, 0.15) is 0 Å². The van der Waals surface area contributed by atoms with Gasteiger partial charge in [0, 0.05) is 61.9 Å². The average Bonchev–Trinajstić information content (AvgIpc) is 3.82. The van der Waals surface area contributed by atoms with Crippen LogP contribution in [0.5, 0.6) is 0 Å². The number of hydrogen-bond acceptors (Lipinski definition) is 4. The molecule has 0 amide bonds. The molecule has 53 heavy (non-hydrogen) atoms. The van der Waals surface area contributed by atoms with E-state index in [-0.39, 0.29) is 0 Å². The predicted octanol–water partition coefficient (Wildman–Crippen LogP) is 11.7. The van der Waals surface area contributed by atoms with E-state index in [1.54, 1.807) is 0 Å². The summed E-state index contributed by atoms with van der Waals surface area (Å²) in [4.78, 5) is 7.01. The highest BCUT2D eigenvalue weighted by Gasteiger charge is 2.21. The Hall–Kier alpha value is -7.31. The van der Waals surface area contributed by atoms with Crippen molar-refractivity contribution < 1.29 is 0 Å². The first kappa shape index (κ1) is 30.5. The van der Waals surface area contributed by atoms with Crippen LogP contribution in [0.4, 0.5) is 17.1 Å². The second kappa shape index (κ2) is 12.8. The molecule has 0 aliphatic rings. The summed E-state index contributed by atoms with van der Waals surface area (Å²) in [5.74, 6) is 1.50. The maximum atomic E-state index is 4.78. The van der Waals surface area contributed by atoms with Crippen LogP contribution in [0.25, 0.3) is 66.9 Å². The van der Waals surface area contributed by atoms with Gasteiger partial charge < -0.3 is 9.47 Å². The van der Waals surface area contributed by atoms with Gasteiger partial charge in [-0.3, -0.25) is 9.55 Å². The van der Waals surface area contributed by atoms with Crippen LogP contribution in [-0.2, 0) is 0 Å². The monoisotopic (exact) mass is 680 g/mol. The normalized spacial score (nSPS) is 11.4. The lowest BCUT2D eigenvalue weighted by atomic mass is 10.1. The van der Waals surface area contributed by atoms with Crippen molar-refractivity contribution in [3.05, 3.63) is 194 Å². The molecular formula is C47H32N6. The Kier molecular flexibility index (Phi) is 7.36. The van der Waals surface area contributed by atoms with Gasteiger partial charge in [0.05, 0.1) is 16.6 Å². The summed E-state index contributed by atoms with van der Waals surface area (Å²) in [5, 5.41) is 13.1. The molecule has 0 fully saturated rings. The van der Waals surface area contributed by atoms with E-state index in [0.717, 1.165) is 62.1 Å². The number of hydrogen-bond donors (Lipinski definition) is 0. The van der Waals surface area contributed by atoms with Gasteiger partial charge in [-0.05, 0) is 97.1 Å². The molecule has 0 saturated carbocycles. The molecule has 0 spiro atoms. The largest absolute Gasteiger partial charge is 0.311 e. The summed E-state index contributed by atoms with van der Waals surface area (Å²) in [7, 11) is 0. The Morgan fingerprint density at radius 1 is 0.396 bits per heavy atom. The van der Waals surface area contributed by atoms with Crippen molar-refractivity contribution in [1.82, 2.24) is 24.3 Å². The Labute approximate surface area is 306 Å². The van der Waals surface area contributed by atoms with Gasteiger partial charge in [0.25, 0.3) is 0 Å². The lowest BCUT2D eigenvalue weighted by molar-refractivity contribution is 1.07. The molecule has 0 unspecified atom stereocenters. The molecule has 0 atom stereocenters. The van der Waals surface area contributed by atoms with Crippen LogP contribution in [-0.4, -0.2) is 24.3 Å². The van der Waals surface area contributed by atoms with Crippen molar-refractivity contribution in [2.45, 2.75) is 0 Å². The number of aromatic nitrogens is 5. The van der Waals surface area contributed by atoms with Crippen LogP contribution < -0.4 is 4.90 Å². The zero-order valence-corrected chi connectivity index (χ0v) is 28.7. The van der Waals surface area contributed by atoms with Crippen LogP contribution in [0, 0.1) is 0 Å². The Bertz CT molecular complexity index is 2820. The highest BCUT2D eigenvalue weighted by atomic mass is 15.3. The van der Waals surface area contributed by atoms with Crippen molar-refractivity contribution in [3.8, 4) is 34.2 Å². The molecule has 6 heteroatoms. The molecule has 6 nitrogen and oxygen atoms in total. The Morgan fingerprint density at radius 3 is 1.64 bits per heavy atom. The molecule has 0 saturated heterocycles. The molecule has 0 bridgehead atoms. The summed E-state index contributed by atoms with van der Waals surface area (Å²) < 4.78 is 4.47. The summed E-state index contributed by atoms with van der Waals surface area (Å²) >= 11 is 0. The zero-order valence-electron chi connectivity index (χ0n) is 28.7. The Balaban J connectivity index is 1.06. The van der Waals surface area contributed by atoms with E-state index in [1.807, 2.05) is 36.5 Å². The lowest BCUT2D eigenvalue weighted by Crippen LogP contribution is -2.10. The number of benzene rings is 7. The van der Waals surface area contributed by atoms with Gasteiger partial charge in [0.1, 0.15) is 0 Å². The maximum Gasteiger partial charge on any atom is 0.171 e. The predicted molar refractivity (Wildman–Crippen MR) is 217 cm³/mol. The second-order valence-corrected chi connectivity index (χ2v) is 13.0. The van der Waals surface area contributed by atoms with E-state index in [2.05, 4.69) is 172 Å². The van der Waals surface area contributed by atoms with Gasteiger partial charge >= 0.3 is 0 Å². The number of rotatable bonds is 7. The quantitative estimate of drug-likeness (QED) is 0.168. The highest BCUT2D eigenvalue weighted by Crippen LogP contribution is 2.38. The molecule has 10 rings (SSSR count). The number of fused-ring (bicyclic) bond motifs is 4. The first-order valence-electron chi connectivity index (χ1n) is 17.7. The minimum Gasteiger partial charge on any atom is -0.311 e. The smallest absolute Gasteiger partial charge is 0.171 e. The molecule has 250 valence electrons. The van der Waals surface area contributed by atoms with E-state index in [4.69, 9.17) is 15.2 Å². The van der Waals surface area contributed by atoms with Crippen molar-refractivity contribution in [1.29, 1.82) is 0 Å². The van der Waals surface area contributed by atoms with Crippen molar-refractivity contribution in [2.75, 3.05) is 4.90 Å². The van der Waals surface area contributed by atoms with Crippen molar-refractivity contribution in [2.24, 2.45) is 0 Å². The lowest BCUT2D eigenvalue weighted by Gasteiger charge is -2.26. The maximum absolute atomic E-state index is 4.78. The van der Waals surface area contributed by atoms with Crippen LogP contribution in [0.2, 0.25) is 0 Å². The molecule has 3 aromatic heterocycles. The fraction of sp³-hybridized carbons (Fsp3) is 0. The first-order valence-corrected chi connectivity index (χ1v) is 17.7. The Morgan fingerprint density at radius 2 is 0.943 bits per heavy atom. The van der Waals surface area contributed by atoms with Gasteiger partial charge in [-0.15, -0.1) is 10.2 Å².